The summed E-state index contributed by atoms with van der Waals surface area (Å²) in [4.78, 5) is 27.0. The van der Waals surface area contributed by atoms with E-state index in [0.29, 0.717) is 31.9 Å². The lowest BCUT2D eigenvalue weighted by atomic mass is 9.96. The van der Waals surface area contributed by atoms with Crippen molar-refractivity contribution < 1.29 is 14.0 Å². The van der Waals surface area contributed by atoms with Crippen LogP contribution in [-0.2, 0) is 4.79 Å². The van der Waals surface area contributed by atoms with E-state index in [4.69, 9.17) is 10.2 Å². The first-order valence-electron chi connectivity index (χ1n) is 9.20. The maximum absolute atomic E-state index is 13.1. The Morgan fingerprint density at radius 1 is 1.26 bits per heavy atom. The number of carbonyl (C=O) groups excluding carboxylic acids is 2. The summed E-state index contributed by atoms with van der Waals surface area (Å²) in [5, 5.41) is 3.84. The lowest BCUT2D eigenvalue weighted by Crippen LogP contribution is -2.46. The van der Waals surface area contributed by atoms with E-state index < -0.39 is 0 Å². The molecule has 148 valence electrons. The molecule has 3 N–H and O–H groups in total. The summed E-state index contributed by atoms with van der Waals surface area (Å²) in [5.41, 5.74) is 9.22. The van der Waals surface area contributed by atoms with E-state index in [1.165, 1.54) is 0 Å². The van der Waals surface area contributed by atoms with Gasteiger partial charge in [0.2, 0.25) is 5.91 Å². The summed E-state index contributed by atoms with van der Waals surface area (Å²) in [5.74, 6) is 0.0441. The minimum atomic E-state index is -0.188. The van der Waals surface area contributed by atoms with Gasteiger partial charge in [-0.15, -0.1) is 12.4 Å². The third kappa shape index (κ3) is 4.12. The number of furan rings is 1. The minimum absolute atomic E-state index is 0. The van der Waals surface area contributed by atoms with Crippen LogP contribution in [-0.4, -0.2) is 42.9 Å². The maximum Gasteiger partial charge on any atom is 0.289 e. The van der Waals surface area contributed by atoms with Crippen molar-refractivity contribution in [3.8, 4) is 0 Å². The van der Waals surface area contributed by atoms with Crippen LogP contribution in [0.2, 0.25) is 0 Å². The lowest BCUT2D eigenvalue weighted by Gasteiger charge is -2.31. The highest BCUT2D eigenvalue weighted by Gasteiger charge is 2.31. The predicted octanol–water partition coefficient (Wildman–Crippen LogP) is 2.71. The number of carbonyl (C=O) groups is 2. The summed E-state index contributed by atoms with van der Waals surface area (Å²) in [6.45, 7) is 7.88. The van der Waals surface area contributed by atoms with Crippen molar-refractivity contribution in [3.63, 3.8) is 0 Å². The van der Waals surface area contributed by atoms with Gasteiger partial charge in [0.1, 0.15) is 5.58 Å². The van der Waals surface area contributed by atoms with E-state index in [0.717, 1.165) is 40.5 Å². The Labute approximate surface area is 165 Å². The lowest BCUT2D eigenvalue weighted by molar-refractivity contribution is -0.126. The summed E-state index contributed by atoms with van der Waals surface area (Å²) >= 11 is 0. The number of nitrogens with zero attached hydrogens (tertiary/aromatic N) is 1. The number of benzene rings is 1. The second kappa shape index (κ2) is 8.76. The molecule has 2 aromatic rings. The van der Waals surface area contributed by atoms with E-state index in [1.54, 1.807) is 4.90 Å². The highest BCUT2D eigenvalue weighted by atomic mass is 35.5. The number of hydrogen-bond acceptors (Lipinski definition) is 4. The van der Waals surface area contributed by atoms with Crippen LogP contribution < -0.4 is 11.1 Å². The number of nitrogens with one attached hydrogen (secondary N) is 1. The number of amides is 2. The summed E-state index contributed by atoms with van der Waals surface area (Å²) in [6, 6.07) is 4.06. The molecule has 1 aromatic heterocycles. The van der Waals surface area contributed by atoms with Crippen molar-refractivity contribution in [1.82, 2.24) is 10.2 Å². The van der Waals surface area contributed by atoms with Crippen molar-refractivity contribution in [2.75, 3.05) is 26.2 Å². The molecule has 1 unspecified atom stereocenters. The van der Waals surface area contributed by atoms with Gasteiger partial charge in [0.15, 0.2) is 5.76 Å². The Balaban J connectivity index is 0.00000261. The van der Waals surface area contributed by atoms with Crippen LogP contribution in [0.3, 0.4) is 0 Å². The smallest absolute Gasteiger partial charge is 0.289 e. The van der Waals surface area contributed by atoms with Crippen LogP contribution in [0.15, 0.2) is 16.5 Å². The third-order valence-electron chi connectivity index (χ3n) is 5.20. The van der Waals surface area contributed by atoms with Gasteiger partial charge in [-0.3, -0.25) is 9.59 Å². The van der Waals surface area contributed by atoms with Gasteiger partial charge < -0.3 is 20.4 Å². The van der Waals surface area contributed by atoms with Crippen LogP contribution >= 0.6 is 12.4 Å². The molecule has 7 heteroatoms. The fourth-order valence-corrected chi connectivity index (χ4v) is 3.74. The van der Waals surface area contributed by atoms with Gasteiger partial charge in [-0.25, -0.2) is 0 Å². The molecule has 6 nitrogen and oxygen atoms in total. The number of likely N-dealkylation sites (tertiary alicyclic amines) is 1. The average molecular weight is 394 g/mol. The summed E-state index contributed by atoms with van der Waals surface area (Å²) < 4.78 is 5.98. The van der Waals surface area contributed by atoms with Gasteiger partial charge in [0.05, 0.1) is 5.92 Å². The van der Waals surface area contributed by atoms with Crippen LogP contribution in [0.1, 0.15) is 40.1 Å². The Hall–Kier alpha value is -2.05. The Bertz CT molecular complexity index is 847. The van der Waals surface area contributed by atoms with Crippen molar-refractivity contribution in [3.05, 3.63) is 34.6 Å². The Kier molecular flexibility index (Phi) is 6.89. The fourth-order valence-electron chi connectivity index (χ4n) is 3.74. The molecule has 1 atom stereocenters. The number of halogens is 1. The Morgan fingerprint density at radius 3 is 2.63 bits per heavy atom. The van der Waals surface area contributed by atoms with Gasteiger partial charge >= 0.3 is 0 Å². The van der Waals surface area contributed by atoms with Gasteiger partial charge in [-0.05, 0) is 44.7 Å². The largest absolute Gasteiger partial charge is 0.450 e. The molecular formula is C20H28ClN3O3. The van der Waals surface area contributed by atoms with Crippen LogP contribution in [0.25, 0.3) is 11.0 Å². The maximum atomic E-state index is 13.1. The predicted molar refractivity (Wildman–Crippen MR) is 108 cm³/mol. The number of hydrogen-bond donors (Lipinski definition) is 2. The van der Waals surface area contributed by atoms with E-state index in [2.05, 4.69) is 5.32 Å². The molecule has 1 aliphatic heterocycles. The second-order valence-electron chi connectivity index (χ2n) is 7.13. The molecule has 2 heterocycles. The SMILES string of the molecule is Cc1ccc(C)c2c(C)c(C(=O)N3CCCC(C(=O)NCCN)C3)oc12.Cl. The van der Waals surface area contributed by atoms with Gasteiger partial charge in [0.25, 0.3) is 5.91 Å². The van der Waals surface area contributed by atoms with Gasteiger partial charge in [-0.1, -0.05) is 12.1 Å². The quantitative estimate of drug-likeness (QED) is 0.835. The topological polar surface area (TPSA) is 88.6 Å². The molecule has 1 saturated heterocycles. The van der Waals surface area contributed by atoms with Crippen LogP contribution in [0, 0.1) is 26.7 Å². The second-order valence-corrected chi connectivity index (χ2v) is 7.13. The zero-order valence-corrected chi connectivity index (χ0v) is 16.9. The standard InChI is InChI=1S/C20H27N3O3.ClH/c1-12-6-7-13(2)17-16(12)14(3)18(26-17)20(25)23-10-4-5-15(11-23)19(24)22-9-8-21;/h6-7,15H,4-5,8-11,21H2,1-3H3,(H,22,24);1H. The molecule has 3 rings (SSSR count). The van der Waals surface area contributed by atoms with E-state index >= 15 is 0 Å². The molecular weight excluding hydrogens is 366 g/mol. The van der Waals surface area contributed by atoms with Crippen LogP contribution in [0.4, 0.5) is 0 Å². The third-order valence-corrected chi connectivity index (χ3v) is 5.20. The molecule has 0 radical (unpaired) electrons. The molecule has 1 aromatic carbocycles. The average Bonchev–Trinajstić information content (AvgIpc) is 3.01. The van der Waals surface area contributed by atoms with Crippen LogP contribution in [0.5, 0.6) is 0 Å². The first kappa shape index (κ1) is 21.3. The van der Waals surface area contributed by atoms with Crippen molar-refractivity contribution in [1.29, 1.82) is 0 Å². The van der Waals surface area contributed by atoms with Crippen molar-refractivity contribution in [2.45, 2.75) is 33.6 Å². The van der Waals surface area contributed by atoms with E-state index in [1.807, 2.05) is 32.9 Å². The van der Waals surface area contributed by atoms with Crippen molar-refractivity contribution >= 4 is 35.2 Å². The van der Waals surface area contributed by atoms with Gasteiger partial charge in [0, 0.05) is 37.1 Å². The molecule has 1 fully saturated rings. The molecule has 0 bridgehead atoms. The molecule has 0 aliphatic carbocycles. The first-order valence-corrected chi connectivity index (χ1v) is 9.20. The summed E-state index contributed by atoms with van der Waals surface area (Å²) in [7, 11) is 0. The monoisotopic (exact) mass is 393 g/mol. The zero-order chi connectivity index (χ0) is 18.8. The number of nitrogens with two attached hydrogens (primary N) is 1. The molecule has 0 spiro atoms. The molecule has 0 saturated carbocycles. The van der Waals surface area contributed by atoms with Gasteiger partial charge in [-0.2, -0.15) is 0 Å². The normalized spacial score (nSPS) is 16.9. The van der Waals surface area contributed by atoms with Crippen molar-refractivity contribution in [2.24, 2.45) is 11.7 Å². The minimum Gasteiger partial charge on any atom is -0.450 e. The highest BCUT2D eigenvalue weighted by molar-refractivity contribution is 6.00. The van der Waals surface area contributed by atoms with E-state index in [9.17, 15) is 9.59 Å². The number of piperidine rings is 1. The fraction of sp³-hybridized carbons (Fsp3) is 0.500. The number of fused-ring (bicyclic) bond motifs is 1. The Morgan fingerprint density at radius 2 is 1.96 bits per heavy atom. The number of aryl methyl sites for hydroxylation is 3. The zero-order valence-electron chi connectivity index (χ0n) is 16.1. The molecule has 27 heavy (non-hydrogen) atoms. The highest BCUT2D eigenvalue weighted by Crippen LogP contribution is 2.32. The molecule has 1 aliphatic rings. The first-order chi connectivity index (χ1) is 12.4. The van der Waals surface area contributed by atoms with E-state index in [-0.39, 0.29) is 30.1 Å². The number of rotatable bonds is 4. The summed E-state index contributed by atoms with van der Waals surface area (Å²) in [6.07, 6.45) is 1.60. The molecule has 2 amide bonds.